The maximum atomic E-state index is 12.4. The van der Waals surface area contributed by atoms with E-state index >= 15 is 0 Å². The van der Waals surface area contributed by atoms with Gasteiger partial charge in [-0.3, -0.25) is 13.9 Å². The van der Waals surface area contributed by atoms with E-state index in [0.29, 0.717) is 11.3 Å². The molecule has 24 heavy (non-hydrogen) atoms. The van der Waals surface area contributed by atoms with E-state index in [2.05, 4.69) is 10.3 Å². The summed E-state index contributed by atoms with van der Waals surface area (Å²) >= 11 is 1.59. The van der Waals surface area contributed by atoms with Gasteiger partial charge in [0.2, 0.25) is 0 Å². The normalized spacial score (nSPS) is 11.0. The summed E-state index contributed by atoms with van der Waals surface area (Å²) in [5.41, 5.74) is 2.71. The van der Waals surface area contributed by atoms with Gasteiger partial charge >= 0.3 is 5.69 Å². The highest BCUT2D eigenvalue weighted by atomic mass is 32.2. The number of carbonyl (C=O) groups is 1. The molecule has 124 valence electrons. The largest absolute Gasteiger partial charge is 0.328 e. The number of imidazole rings is 1. The summed E-state index contributed by atoms with van der Waals surface area (Å²) in [7, 11) is 3.44. The molecule has 0 saturated heterocycles. The quantitative estimate of drug-likeness (QED) is 0.740. The summed E-state index contributed by atoms with van der Waals surface area (Å²) in [4.78, 5) is 28.6. The molecule has 0 aliphatic rings. The minimum atomic E-state index is -0.198. The SMILES string of the molecule is CCSc1cc(C(=O)Nc2ccc3c(c2)n(C)c(=O)n3C)ccn1. The fourth-order valence-corrected chi connectivity index (χ4v) is 3.21. The van der Waals surface area contributed by atoms with Crippen molar-refractivity contribution >= 4 is 34.4 Å². The van der Waals surface area contributed by atoms with E-state index < -0.39 is 0 Å². The number of anilines is 1. The van der Waals surface area contributed by atoms with Crippen LogP contribution >= 0.6 is 11.8 Å². The zero-order valence-electron chi connectivity index (χ0n) is 13.7. The summed E-state index contributed by atoms with van der Waals surface area (Å²) in [5, 5.41) is 3.70. The third kappa shape index (κ3) is 2.94. The topological polar surface area (TPSA) is 68.9 Å². The maximum absolute atomic E-state index is 12.4. The van der Waals surface area contributed by atoms with E-state index in [-0.39, 0.29) is 11.6 Å². The second-order valence-electron chi connectivity index (χ2n) is 5.37. The van der Waals surface area contributed by atoms with E-state index in [1.54, 1.807) is 65.5 Å². The van der Waals surface area contributed by atoms with Gasteiger partial charge < -0.3 is 5.32 Å². The van der Waals surface area contributed by atoms with E-state index in [9.17, 15) is 9.59 Å². The van der Waals surface area contributed by atoms with Crippen molar-refractivity contribution in [2.45, 2.75) is 11.9 Å². The van der Waals surface area contributed by atoms with Crippen LogP contribution in [0, 0.1) is 0 Å². The molecule has 0 radical (unpaired) electrons. The van der Waals surface area contributed by atoms with Crippen LogP contribution in [0.15, 0.2) is 46.3 Å². The molecule has 3 rings (SSSR count). The third-order valence-electron chi connectivity index (χ3n) is 3.82. The van der Waals surface area contributed by atoms with Crippen molar-refractivity contribution < 1.29 is 4.79 Å². The van der Waals surface area contributed by atoms with Gasteiger partial charge in [0.25, 0.3) is 5.91 Å². The number of rotatable bonds is 4. The molecule has 2 aromatic heterocycles. The van der Waals surface area contributed by atoms with E-state index in [0.717, 1.165) is 21.8 Å². The Morgan fingerprint density at radius 3 is 2.67 bits per heavy atom. The van der Waals surface area contributed by atoms with Crippen LogP contribution in [0.5, 0.6) is 0 Å². The first-order valence-electron chi connectivity index (χ1n) is 7.57. The molecule has 0 fully saturated rings. The molecular weight excluding hydrogens is 324 g/mol. The first kappa shape index (κ1) is 16.3. The van der Waals surface area contributed by atoms with E-state index in [1.807, 2.05) is 13.0 Å². The number of fused-ring (bicyclic) bond motifs is 1. The highest BCUT2D eigenvalue weighted by Crippen LogP contribution is 2.20. The molecule has 1 N–H and O–H groups in total. The number of benzene rings is 1. The lowest BCUT2D eigenvalue weighted by Crippen LogP contribution is -2.19. The summed E-state index contributed by atoms with van der Waals surface area (Å²) in [5.74, 6) is 0.701. The van der Waals surface area contributed by atoms with Crippen LogP contribution in [0.3, 0.4) is 0 Å². The highest BCUT2D eigenvalue weighted by Gasteiger charge is 2.11. The first-order chi connectivity index (χ1) is 11.5. The number of hydrogen-bond donors (Lipinski definition) is 1. The Balaban J connectivity index is 1.89. The van der Waals surface area contributed by atoms with Crippen molar-refractivity contribution in [3.8, 4) is 0 Å². The molecule has 0 bridgehead atoms. The molecular formula is C17H18N4O2S. The van der Waals surface area contributed by atoms with Gasteiger partial charge in [-0.05, 0) is 36.1 Å². The Morgan fingerprint density at radius 2 is 1.92 bits per heavy atom. The van der Waals surface area contributed by atoms with Crippen molar-refractivity contribution in [1.29, 1.82) is 0 Å². The van der Waals surface area contributed by atoms with Crippen LogP contribution in [0.2, 0.25) is 0 Å². The number of nitrogens with zero attached hydrogens (tertiary/aromatic N) is 3. The minimum Gasteiger partial charge on any atom is -0.322 e. The van der Waals surface area contributed by atoms with Gasteiger partial charge in [-0.25, -0.2) is 9.78 Å². The smallest absolute Gasteiger partial charge is 0.322 e. The minimum absolute atomic E-state index is 0.0937. The van der Waals surface area contributed by atoms with Crippen LogP contribution in [0.25, 0.3) is 11.0 Å². The van der Waals surface area contributed by atoms with E-state index in [4.69, 9.17) is 0 Å². The predicted molar refractivity (Wildman–Crippen MR) is 96.7 cm³/mol. The van der Waals surface area contributed by atoms with Gasteiger partial charge in [-0.1, -0.05) is 6.92 Å². The Bertz CT molecular complexity index is 974. The van der Waals surface area contributed by atoms with Gasteiger partial charge in [0, 0.05) is 31.5 Å². The monoisotopic (exact) mass is 342 g/mol. The van der Waals surface area contributed by atoms with E-state index in [1.165, 1.54) is 0 Å². The zero-order chi connectivity index (χ0) is 17.3. The molecule has 0 saturated carbocycles. The summed E-state index contributed by atoms with van der Waals surface area (Å²) in [6, 6.07) is 8.89. The van der Waals surface area contributed by atoms with Crippen molar-refractivity contribution in [1.82, 2.24) is 14.1 Å². The number of pyridine rings is 1. The second kappa shape index (κ2) is 6.52. The summed E-state index contributed by atoms with van der Waals surface area (Å²) in [6.45, 7) is 2.04. The average molecular weight is 342 g/mol. The Morgan fingerprint density at radius 1 is 1.17 bits per heavy atom. The highest BCUT2D eigenvalue weighted by molar-refractivity contribution is 7.99. The fourth-order valence-electron chi connectivity index (χ4n) is 2.57. The molecule has 6 nitrogen and oxygen atoms in total. The third-order valence-corrected chi connectivity index (χ3v) is 4.63. The van der Waals surface area contributed by atoms with Crippen LogP contribution in [-0.2, 0) is 14.1 Å². The number of aryl methyl sites for hydroxylation is 2. The van der Waals surface area contributed by atoms with Gasteiger partial charge in [-0.2, -0.15) is 0 Å². The van der Waals surface area contributed by atoms with Gasteiger partial charge in [0.05, 0.1) is 16.1 Å². The lowest BCUT2D eigenvalue weighted by molar-refractivity contribution is 0.102. The van der Waals surface area contributed by atoms with Crippen LogP contribution in [0.4, 0.5) is 5.69 Å². The summed E-state index contributed by atoms with van der Waals surface area (Å²) < 4.78 is 3.14. The Kier molecular flexibility index (Phi) is 4.44. The second-order valence-corrected chi connectivity index (χ2v) is 6.66. The van der Waals surface area contributed by atoms with Crippen LogP contribution in [-0.4, -0.2) is 25.8 Å². The molecule has 0 atom stereocenters. The Labute approximate surface area is 143 Å². The molecule has 0 aliphatic heterocycles. The lowest BCUT2D eigenvalue weighted by atomic mass is 10.2. The molecule has 0 aliphatic carbocycles. The number of carbonyl (C=O) groups excluding carboxylic acids is 1. The number of amides is 1. The lowest BCUT2D eigenvalue weighted by Gasteiger charge is -2.07. The standard InChI is InChI=1S/C17H18N4O2S/c1-4-24-15-9-11(7-8-18-15)16(22)19-12-5-6-13-14(10-12)21(3)17(23)20(13)2/h5-10H,4H2,1-3H3,(H,19,22). The zero-order valence-corrected chi connectivity index (χ0v) is 14.6. The number of hydrogen-bond acceptors (Lipinski definition) is 4. The van der Waals surface area contributed by atoms with Crippen molar-refractivity contribution in [2.24, 2.45) is 14.1 Å². The molecule has 7 heteroatoms. The average Bonchev–Trinajstić information content (AvgIpc) is 2.80. The first-order valence-corrected chi connectivity index (χ1v) is 8.55. The van der Waals surface area contributed by atoms with Crippen LogP contribution < -0.4 is 11.0 Å². The van der Waals surface area contributed by atoms with Crippen molar-refractivity contribution in [3.63, 3.8) is 0 Å². The molecule has 0 spiro atoms. The summed E-state index contributed by atoms with van der Waals surface area (Å²) in [6.07, 6.45) is 1.64. The molecule has 2 heterocycles. The van der Waals surface area contributed by atoms with Gasteiger partial charge in [-0.15, -0.1) is 11.8 Å². The molecule has 1 amide bonds. The molecule has 0 unspecified atom stereocenters. The van der Waals surface area contributed by atoms with Crippen LogP contribution in [0.1, 0.15) is 17.3 Å². The number of nitrogens with one attached hydrogen (secondary N) is 1. The van der Waals surface area contributed by atoms with Gasteiger partial charge in [0.1, 0.15) is 0 Å². The maximum Gasteiger partial charge on any atom is 0.328 e. The molecule has 1 aromatic carbocycles. The number of thioether (sulfide) groups is 1. The molecule has 3 aromatic rings. The fraction of sp³-hybridized carbons (Fsp3) is 0.235. The van der Waals surface area contributed by atoms with Crippen molar-refractivity contribution in [3.05, 3.63) is 52.6 Å². The number of aromatic nitrogens is 3. The predicted octanol–water partition coefficient (Wildman–Crippen LogP) is 2.64. The van der Waals surface area contributed by atoms with Gasteiger partial charge in [0.15, 0.2) is 0 Å². The van der Waals surface area contributed by atoms with Crippen molar-refractivity contribution in [2.75, 3.05) is 11.1 Å². The Hall–Kier alpha value is -2.54.